The maximum absolute atomic E-state index is 12.5. The molecule has 9 heteroatoms. The van der Waals surface area contributed by atoms with E-state index in [9.17, 15) is 20.0 Å². The molecule has 2 atom stereocenters. The van der Waals surface area contributed by atoms with Gasteiger partial charge in [-0.3, -0.25) is 10.1 Å². The van der Waals surface area contributed by atoms with Crippen LogP contribution in [0.2, 0.25) is 0 Å². The molecule has 1 amide bonds. The van der Waals surface area contributed by atoms with Gasteiger partial charge in [0.25, 0.3) is 5.69 Å². The number of amides is 1. The summed E-state index contributed by atoms with van der Waals surface area (Å²) < 4.78 is 5.39. The first-order chi connectivity index (χ1) is 15.9. The van der Waals surface area contributed by atoms with Gasteiger partial charge >= 0.3 is 6.09 Å². The second-order valence-corrected chi connectivity index (χ2v) is 9.59. The summed E-state index contributed by atoms with van der Waals surface area (Å²) in [5.41, 5.74) is 0.247. The van der Waals surface area contributed by atoms with Gasteiger partial charge in [0.2, 0.25) is 0 Å². The van der Waals surface area contributed by atoms with Crippen LogP contribution < -0.4 is 10.2 Å². The molecule has 0 saturated heterocycles. The van der Waals surface area contributed by atoms with Crippen molar-refractivity contribution < 1.29 is 24.4 Å². The zero-order chi connectivity index (χ0) is 25.3. The van der Waals surface area contributed by atoms with Crippen LogP contribution in [0.5, 0.6) is 5.75 Å². The largest absolute Gasteiger partial charge is 0.444 e. The van der Waals surface area contributed by atoms with Gasteiger partial charge in [0, 0.05) is 18.7 Å². The Hall–Kier alpha value is -3.17. The minimum absolute atomic E-state index is 0.0349. The molecule has 0 aromatic heterocycles. The number of ether oxygens (including phenoxy) is 1. The molecule has 34 heavy (non-hydrogen) atoms. The first kappa shape index (κ1) is 27.1. The molecule has 0 saturated carbocycles. The quantitative estimate of drug-likeness (QED) is 0.368. The van der Waals surface area contributed by atoms with Crippen molar-refractivity contribution >= 4 is 11.8 Å². The van der Waals surface area contributed by atoms with Crippen LogP contribution >= 0.6 is 0 Å². The van der Waals surface area contributed by atoms with Crippen LogP contribution in [0.25, 0.3) is 0 Å². The van der Waals surface area contributed by atoms with E-state index in [4.69, 9.17) is 9.57 Å². The van der Waals surface area contributed by atoms with Gasteiger partial charge in [-0.2, -0.15) is 0 Å². The van der Waals surface area contributed by atoms with Crippen molar-refractivity contribution in [2.45, 2.75) is 58.8 Å². The Kier molecular flexibility index (Phi) is 9.83. The van der Waals surface area contributed by atoms with E-state index in [1.165, 1.54) is 24.3 Å². The number of aliphatic hydroxyl groups is 1. The molecule has 186 valence electrons. The van der Waals surface area contributed by atoms with Gasteiger partial charge in [-0.25, -0.2) is 4.79 Å². The lowest BCUT2D eigenvalue weighted by Gasteiger charge is -2.31. The highest BCUT2D eigenvalue weighted by atomic mass is 16.7. The predicted molar refractivity (Wildman–Crippen MR) is 129 cm³/mol. The Morgan fingerprint density at radius 2 is 1.71 bits per heavy atom. The van der Waals surface area contributed by atoms with Gasteiger partial charge in [-0.15, -0.1) is 5.06 Å². The van der Waals surface area contributed by atoms with Gasteiger partial charge < -0.3 is 20.0 Å². The van der Waals surface area contributed by atoms with Crippen LogP contribution in [0.4, 0.5) is 10.5 Å². The van der Waals surface area contributed by atoms with Crippen LogP contribution in [-0.2, 0) is 11.2 Å². The molecule has 2 rings (SSSR count). The Bertz CT molecular complexity index is 912. The molecule has 0 aliphatic heterocycles. The highest BCUT2D eigenvalue weighted by Gasteiger charge is 2.27. The monoisotopic (exact) mass is 473 g/mol. The number of nitro benzene ring substituents is 1. The molecule has 0 bridgehead atoms. The number of benzene rings is 2. The number of carbonyl (C=O) groups excluding carboxylic acids is 1. The van der Waals surface area contributed by atoms with E-state index in [0.29, 0.717) is 18.7 Å². The summed E-state index contributed by atoms with van der Waals surface area (Å²) in [5, 5.41) is 26.4. The number of hydrogen-bond donors (Lipinski definition) is 2. The maximum atomic E-state index is 12.5. The van der Waals surface area contributed by atoms with Crippen molar-refractivity contribution in [1.82, 2.24) is 10.4 Å². The summed E-state index contributed by atoms with van der Waals surface area (Å²) >= 11 is 0. The molecule has 2 aromatic rings. The molecule has 0 aliphatic rings. The third kappa shape index (κ3) is 9.76. The number of non-ortho nitro benzene ring substituents is 1. The van der Waals surface area contributed by atoms with Crippen LogP contribution in [0.15, 0.2) is 54.6 Å². The van der Waals surface area contributed by atoms with Gasteiger partial charge in [-0.05, 0) is 50.8 Å². The number of rotatable bonds is 11. The lowest BCUT2D eigenvalue weighted by atomic mass is 10.0. The Morgan fingerprint density at radius 3 is 2.24 bits per heavy atom. The fraction of sp³-hybridized carbons (Fsp3) is 0.480. The average Bonchev–Trinajstić information content (AvgIpc) is 2.72. The van der Waals surface area contributed by atoms with Crippen molar-refractivity contribution in [1.29, 1.82) is 0 Å². The number of aliphatic hydroxyl groups excluding tert-OH is 1. The third-order valence-electron chi connectivity index (χ3n) is 4.71. The zero-order valence-electron chi connectivity index (χ0n) is 20.4. The topological polar surface area (TPSA) is 114 Å². The number of nitrogens with zero attached hydrogens (tertiary/aromatic N) is 2. The van der Waals surface area contributed by atoms with Crippen molar-refractivity contribution in [3.05, 3.63) is 70.3 Å². The molecule has 0 unspecified atom stereocenters. The molecule has 0 aliphatic carbocycles. The van der Waals surface area contributed by atoms with Crippen LogP contribution in [0.3, 0.4) is 0 Å². The summed E-state index contributed by atoms with van der Waals surface area (Å²) in [6, 6.07) is 14.7. The third-order valence-corrected chi connectivity index (χ3v) is 4.71. The molecule has 9 nitrogen and oxygen atoms in total. The number of alkyl carbamates (subject to hydrolysis) is 1. The fourth-order valence-corrected chi connectivity index (χ4v) is 3.28. The summed E-state index contributed by atoms with van der Waals surface area (Å²) in [6.45, 7) is 9.95. The van der Waals surface area contributed by atoms with Crippen LogP contribution in [0, 0.1) is 16.0 Å². The van der Waals surface area contributed by atoms with Crippen molar-refractivity contribution in [2.24, 2.45) is 5.92 Å². The predicted octanol–water partition coefficient (Wildman–Crippen LogP) is 4.34. The van der Waals surface area contributed by atoms with E-state index in [2.05, 4.69) is 5.32 Å². The zero-order valence-corrected chi connectivity index (χ0v) is 20.4. The van der Waals surface area contributed by atoms with Gasteiger partial charge in [0.1, 0.15) is 11.4 Å². The van der Waals surface area contributed by atoms with E-state index >= 15 is 0 Å². The molecule has 0 heterocycles. The normalized spacial score (nSPS) is 13.4. The number of carbonyl (C=O) groups is 1. The summed E-state index contributed by atoms with van der Waals surface area (Å²) in [6.07, 6.45) is -1.20. The molecular formula is C25H35N3O6. The lowest BCUT2D eigenvalue weighted by Crippen LogP contribution is -2.51. The molecular weight excluding hydrogens is 438 g/mol. The first-order valence-corrected chi connectivity index (χ1v) is 11.3. The fourth-order valence-electron chi connectivity index (χ4n) is 3.28. The molecule has 2 aromatic carbocycles. The highest BCUT2D eigenvalue weighted by Crippen LogP contribution is 2.19. The second kappa shape index (κ2) is 12.3. The van der Waals surface area contributed by atoms with Crippen molar-refractivity contribution in [2.75, 3.05) is 13.1 Å². The Balaban J connectivity index is 2.16. The number of nitrogens with one attached hydrogen (secondary N) is 1. The first-order valence-electron chi connectivity index (χ1n) is 11.3. The maximum Gasteiger partial charge on any atom is 0.407 e. The molecule has 0 radical (unpaired) electrons. The summed E-state index contributed by atoms with van der Waals surface area (Å²) in [4.78, 5) is 28.8. The summed E-state index contributed by atoms with van der Waals surface area (Å²) in [5.74, 6) is 0.634. The van der Waals surface area contributed by atoms with Crippen LogP contribution in [-0.4, -0.2) is 52.0 Å². The minimum Gasteiger partial charge on any atom is -0.444 e. The van der Waals surface area contributed by atoms with E-state index in [1.807, 2.05) is 44.2 Å². The number of hydroxylamine groups is 2. The Morgan fingerprint density at radius 1 is 1.09 bits per heavy atom. The van der Waals surface area contributed by atoms with E-state index in [0.717, 1.165) is 5.56 Å². The standard InChI is InChI=1S/C25H35N3O6/c1-18(2)16-27(34-21-13-11-20(12-14-21)28(31)32)17-23(29)22(15-19-9-7-6-8-10-19)26-24(30)33-25(3,4)5/h6-14,18,22-23,29H,15-17H2,1-5H3,(H,26,30)/t22-,23+/m0/s1. The van der Waals surface area contributed by atoms with E-state index in [-0.39, 0.29) is 18.2 Å². The van der Waals surface area contributed by atoms with E-state index in [1.54, 1.807) is 25.8 Å². The van der Waals surface area contributed by atoms with Gasteiger partial charge in [0.15, 0.2) is 0 Å². The smallest absolute Gasteiger partial charge is 0.407 e. The Labute approximate surface area is 200 Å². The lowest BCUT2D eigenvalue weighted by molar-refractivity contribution is -0.384. The van der Waals surface area contributed by atoms with E-state index < -0.39 is 28.8 Å². The average molecular weight is 474 g/mol. The van der Waals surface area contributed by atoms with Gasteiger partial charge in [0.05, 0.1) is 23.6 Å². The highest BCUT2D eigenvalue weighted by molar-refractivity contribution is 5.68. The second-order valence-electron chi connectivity index (χ2n) is 9.59. The SMILES string of the molecule is CC(C)CN(C[C@@H](O)[C@H](Cc1ccccc1)NC(=O)OC(C)(C)C)Oc1ccc([N+](=O)[O-])cc1. The van der Waals surface area contributed by atoms with Crippen molar-refractivity contribution in [3.63, 3.8) is 0 Å². The summed E-state index contributed by atoms with van der Waals surface area (Å²) in [7, 11) is 0. The van der Waals surface area contributed by atoms with Gasteiger partial charge in [-0.1, -0.05) is 44.2 Å². The molecule has 0 fully saturated rings. The minimum atomic E-state index is -0.982. The van der Waals surface area contributed by atoms with Crippen LogP contribution in [0.1, 0.15) is 40.2 Å². The molecule has 2 N–H and O–H groups in total. The molecule has 0 spiro atoms. The number of nitro groups is 1. The number of hydrogen-bond acceptors (Lipinski definition) is 7. The van der Waals surface area contributed by atoms with Crippen molar-refractivity contribution in [3.8, 4) is 5.75 Å².